The van der Waals surface area contributed by atoms with E-state index in [1.165, 1.54) is 34.6 Å². The number of fused-ring (bicyclic) bond motifs is 2. The molecule has 3 fully saturated rings. The molecule has 45 heavy (non-hydrogen) atoms. The summed E-state index contributed by atoms with van der Waals surface area (Å²) in [6.45, 7) is 5.59. The van der Waals surface area contributed by atoms with Crippen LogP contribution in [-0.4, -0.2) is 103 Å². The number of aromatic carboxylic acids is 1. The molecule has 3 N–H and O–H groups in total. The van der Waals surface area contributed by atoms with Gasteiger partial charge in [0.25, 0.3) is 0 Å². The average Bonchev–Trinajstić information content (AvgIpc) is 3.80. The van der Waals surface area contributed by atoms with Crippen LogP contribution in [0.4, 0.5) is 10.1 Å². The number of benzene rings is 1. The standard InChI is InChI=1S/C30H34FN5O7S2/c1-15-24-23(16(2)37)28(39)36(24)25(30(42)43)27(15)45-10-9-44-14-32-34-7-5-33(6-8-34)22-12-21-18(11-20(22)31)26(38)19(29(40)41)13-35(21)17-3-4-17/h11-17,23-24,37H,3-10H2,1-2H3,(H,40,41)(H,42,43)/t15-,16+,23-,24-/m0/s1. The maximum atomic E-state index is 15.3. The average molecular weight is 660 g/mol. The van der Waals surface area contributed by atoms with E-state index in [-0.39, 0.29) is 40.6 Å². The molecule has 1 aliphatic carbocycles. The lowest BCUT2D eigenvalue weighted by atomic mass is 9.79. The number of carboxylic acids is 2. The Balaban J connectivity index is 1.03. The van der Waals surface area contributed by atoms with Gasteiger partial charge in [0, 0.05) is 53.0 Å². The number of hydrogen-bond acceptors (Lipinski definition) is 10. The molecule has 1 amide bonds. The predicted molar refractivity (Wildman–Crippen MR) is 170 cm³/mol. The zero-order chi connectivity index (χ0) is 32.2. The Labute approximate surface area is 266 Å². The molecule has 15 heteroatoms. The highest BCUT2D eigenvalue weighted by atomic mass is 32.2. The lowest BCUT2D eigenvalue weighted by Crippen LogP contribution is -2.63. The van der Waals surface area contributed by atoms with Crippen molar-refractivity contribution >= 4 is 63.5 Å². The van der Waals surface area contributed by atoms with Crippen molar-refractivity contribution in [3.05, 3.63) is 50.5 Å². The second-order valence-electron chi connectivity index (χ2n) is 11.8. The van der Waals surface area contributed by atoms with E-state index in [0.717, 1.165) is 18.9 Å². The zero-order valence-electron chi connectivity index (χ0n) is 24.8. The first-order valence-electron chi connectivity index (χ1n) is 14.9. The number of halogens is 1. The monoisotopic (exact) mass is 659 g/mol. The van der Waals surface area contributed by atoms with Crippen molar-refractivity contribution in [1.29, 1.82) is 0 Å². The van der Waals surface area contributed by atoms with Crippen molar-refractivity contribution in [2.45, 2.75) is 44.9 Å². The number of carbonyl (C=O) groups is 3. The lowest BCUT2D eigenvalue weighted by molar-refractivity contribution is -0.163. The fourth-order valence-corrected chi connectivity index (χ4v) is 8.50. The van der Waals surface area contributed by atoms with Gasteiger partial charge in [-0.25, -0.2) is 14.0 Å². The van der Waals surface area contributed by atoms with E-state index in [0.29, 0.717) is 53.8 Å². The summed E-state index contributed by atoms with van der Waals surface area (Å²) in [6, 6.07) is 2.59. The fraction of sp³-hybridized carbons (Fsp3) is 0.500. The number of β-lactam (4-membered cyclic amide) rings is 1. The summed E-state index contributed by atoms with van der Waals surface area (Å²) in [5, 5.41) is 35.7. The Morgan fingerprint density at radius 1 is 1.11 bits per heavy atom. The fourth-order valence-electron chi connectivity index (χ4n) is 6.53. The minimum Gasteiger partial charge on any atom is -0.477 e. The van der Waals surface area contributed by atoms with E-state index in [4.69, 9.17) is 0 Å². The number of carbonyl (C=O) groups excluding carboxylic acids is 1. The van der Waals surface area contributed by atoms with Crippen LogP contribution in [0.2, 0.25) is 0 Å². The van der Waals surface area contributed by atoms with Gasteiger partial charge in [-0.3, -0.25) is 14.6 Å². The SMILES string of the molecule is C[C@@H]1C(SCCSC=NN2CCN(c3cc4c(cc3F)c(=O)c(C(=O)O)cn4C3CC3)CC2)=C(C(=O)O)N2C(=O)[C@@H]([C@@H](C)O)[C@H]12. The molecule has 4 heterocycles. The quantitative estimate of drug-likeness (QED) is 0.141. The van der Waals surface area contributed by atoms with Crippen LogP contribution in [0.3, 0.4) is 0 Å². The topological polar surface area (TPSA) is 156 Å². The van der Waals surface area contributed by atoms with Crippen molar-refractivity contribution in [2.24, 2.45) is 16.9 Å². The van der Waals surface area contributed by atoms with Crippen LogP contribution in [0.15, 0.2) is 38.8 Å². The smallest absolute Gasteiger partial charge is 0.353 e. The Bertz CT molecular complexity index is 1680. The van der Waals surface area contributed by atoms with Gasteiger partial charge in [0.2, 0.25) is 11.3 Å². The van der Waals surface area contributed by atoms with Gasteiger partial charge in [0.05, 0.1) is 47.9 Å². The molecule has 0 bridgehead atoms. The summed E-state index contributed by atoms with van der Waals surface area (Å²) in [5.74, 6) is -2.81. The number of anilines is 1. The lowest BCUT2D eigenvalue weighted by Gasteiger charge is -2.46. The zero-order valence-corrected chi connectivity index (χ0v) is 26.4. The number of rotatable bonds is 11. The molecule has 12 nitrogen and oxygen atoms in total. The minimum atomic E-state index is -1.32. The van der Waals surface area contributed by atoms with E-state index in [2.05, 4.69) is 5.10 Å². The number of pyridine rings is 1. The number of piperazine rings is 1. The molecule has 240 valence electrons. The summed E-state index contributed by atoms with van der Waals surface area (Å²) in [4.78, 5) is 52.7. The largest absolute Gasteiger partial charge is 0.477 e. The van der Waals surface area contributed by atoms with Crippen LogP contribution < -0.4 is 10.3 Å². The van der Waals surface area contributed by atoms with E-state index < -0.39 is 35.2 Å². The molecule has 6 rings (SSSR count). The maximum absolute atomic E-state index is 15.3. The Hall–Kier alpha value is -3.56. The van der Waals surface area contributed by atoms with Gasteiger partial charge in [-0.1, -0.05) is 6.92 Å². The highest BCUT2D eigenvalue weighted by Crippen LogP contribution is 2.50. The van der Waals surface area contributed by atoms with Crippen LogP contribution >= 0.6 is 23.5 Å². The number of amides is 1. The van der Waals surface area contributed by atoms with Gasteiger partial charge >= 0.3 is 11.9 Å². The summed E-state index contributed by atoms with van der Waals surface area (Å²) in [7, 11) is 0. The van der Waals surface area contributed by atoms with Crippen LogP contribution in [-0.2, 0) is 9.59 Å². The molecule has 1 aromatic carbocycles. The number of aliphatic hydroxyl groups excluding tert-OH is 1. The Morgan fingerprint density at radius 2 is 1.82 bits per heavy atom. The third-order valence-corrected chi connectivity index (χ3v) is 11.1. The molecular formula is C30H34FN5O7S2. The van der Waals surface area contributed by atoms with Gasteiger partial charge in [-0.2, -0.15) is 5.10 Å². The molecule has 2 saturated heterocycles. The van der Waals surface area contributed by atoms with Gasteiger partial charge in [0.1, 0.15) is 17.1 Å². The number of aromatic nitrogens is 1. The molecule has 2 aromatic rings. The van der Waals surface area contributed by atoms with Gasteiger partial charge in [0.15, 0.2) is 0 Å². The van der Waals surface area contributed by atoms with Gasteiger partial charge < -0.3 is 29.7 Å². The molecule has 1 saturated carbocycles. The number of carboxylic acid groups (broad SMARTS) is 2. The number of thioether (sulfide) groups is 2. The van der Waals surface area contributed by atoms with E-state index in [1.54, 1.807) is 23.1 Å². The Morgan fingerprint density at radius 3 is 2.44 bits per heavy atom. The molecule has 4 atom stereocenters. The molecule has 0 radical (unpaired) electrons. The molecule has 3 aliphatic heterocycles. The third kappa shape index (κ3) is 5.69. The highest BCUT2D eigenvalue weighted by molar-refractivity contribution is 8.13. The predicted octanol–water partition coefficient (Wildman–Crippen LogP) is 2.86. The summed E-state index contributed by atoms with van der Waals surface area (Å²) in [5.41, 5.74) is 1.64. The van der Waals surface area contributed by atoms with Crippen molar-refractivity contribution in [3.63, 3.8) is 0 Å². The number of hydrogen-bond donors (Lipinski definition) is 3. The van der Waals surface area contributed by atoms with Gasteiger partial charge in [-0.05, 0) is 31.9 Å². The number of nitrogens with zero attached hydrogens (tertiary/aromatic N) is 5. The van der Waals surface area contributed by atoms with Crippen molar-refractivity contribution < 1.29 is 34.1 Å². The van der Waals surface area contributed by atoms with E-state index >= 15 is 4.39 Å². The van der Waals surface area contributed by atoms with E-state index in [1.807, 2.05) is 16.8 Å². The molecule has 1 aromatic heterocycles. The first-order valence-corrected chi connectivity index (χ1v) is 16.9. The molecule has 0 unspecified atom stereocenters. The molecule has 0 spiro atoms. The van der Waals surface area contributed by atoms with Crippen LogP contribution in [0, 0.1) is 17.7 Å². The third-order valence-electron chi connectivity index (χ3n) is 8.92. The Kier molecular flexibility index (Phi) is 8.61. The van der Waals surface area contributed by atoms with Crippen molar-refractivity contribution in [3.8, 4) is 0 Å². The maximum Gasteiger partial charge on any atom is 0.353 e. The first kappa shape index (κ1) is 31.4. The summed E-state index contributed by atoms with van der Waals surface area (Å²) < 4.78 is 17.0. The second kappa shape index (κ2) is 12.3. The molecular weight excluding hydrogens is 625 g/mol. The summed E-state index contributed by atoms with van der Waals surface area (Å²) >= 11 is 2.91. The highest BCUT2D eigenvalue weighted by Gasteiger charge is 2.59. The number of hydrazone groups is 1. The van der Waals surface area contributed by atoms with Gasteiger partial charge in [-0.15, -0.1) is 23.5 Å². The summed E-state index contributed by atoms with van der Waals surface area (Å²) in [6.07, 6.45) is 2.30. The van der Waals surface area contributed by atoms with Crippen LogP contribution in [0.5, 0.6) is 0 Å². The normalized spacial score (nSPS) is 24.0. The van der Waals surface area contributed by atoms with Crippen molar-refractivity contribution in [2.75, 3.05) is 42.6 Å². The minimum absolute atomic E-state index is 0.0274. The van der Waals surface area contributed by atoms with E-state index in [9.17, 15) is 34.5 Å². The van der Waals surface area contributed by atoms with Crippen molar-refractivity contribution in [1.82, 2.24) is 14.5 Å². The molecule has 4 aliphatic rings. The number of aliphatic carboxylic acids is 1. The van der Waals surface area contributed by atoms with Crippen LogP contribution in [0.25, 0.3) is 10.9 Å². The first-order chi connectivity index (χ1) is 21.5. The number of aliphatic hydroxyl groups is 1. The van der Waals surface area contributed by atoms with Crippen LogP contribution in [0.1, 0.15) is 43.1 Å². The second-order valence-corrected chi connectivity index (χ2v) is 13.9.